The molecule has 0 saturated carbocycles. The first-order chi connectivity index (χ1) is 18.6. The number of ether oxygens (including phenoxy) is 3. The third-order valence-corrected chi connectivity index (χ3v) is 5.99. The van der Waals surface area contributed by atoms with Crippen LogP contribution in [0.2, 0.25) is 0 Å². The van der Waals surface area contributed by atoms with Crippen molar-refractivity contribution < 1.29 is 37.0 Å². The summed E-state index contributed by atoms with van der Waals surface area (Å²) < 4.78 is 54.0. The number of carbonyl (C=O) groups excluding carboxylic acids is 2. The summed E-state index contributed by atoms with van der Waals surface area (Å²) in [5.74, 6) is -0.901. The van der Waals surface area contributed by atoms with Gasteiger partial charge in [0.25, 0.3) is 0 Å². The number of ketones is 1. The zero-order valence-electron chi connectivity index (χ0n) is 21.0. The second-order valence-corrected chi connectivity index (χ2v) is 8.48. The van der Waals surface area contributed by atoms with E-state index in [4.69, 9.17) is 15.2 Å². The van der Waals surface area contributed by atoms with Crippen molar-refractivity contribution in [2.75, 3.05) is 7.11 Å². The summed E-state index contributed by atoms with van der Waals surface area (Å²) in [6.07, 6.45) is -3.86. The Kier molecular flexibility index (Phi) is 8.27. The molecule has 1 aliphatic heterocycles. The number of aldehydes is 1. The molecule has 0 bridgehead atoms. The molecule has 9 nitrogen and oxygen atoms in total. The highest BCUT2D eigenvalue weighted by Gasteiger charge is 2.36. The Morgan fingerprint density at radius 3 is 2.49 bits per heavy atom. The van der Waals surface area contributed by atoms with Crippen LogP contribution < -0.4 is 15.2 Å². The molecule has 1 aliphatic rings. The molecule has 3 aromatic rings. The first kappa shape index (κ1) is 27.7. The van der Waals surface area contributed by atoms with Gasteiger partial charge in [-0.15, -0.1) is 13.2 Å². The van der Waals surface area contributed by atoms with Crippen molar-refractivity contribution in [2.45, 2.75) is 38.2 Å². The first-order valence-corrected chi connectivity index (χ1v) is 11.9. The minimum atomic E-state index is -4.94. The maximum atomic E-state index is 13.0. The molecular formula is C27H25F3N4O5. The average molecular weight is 543 g/mol. The SMILES string of the molecule is CCC1OC(C=O)N(C(N)c2ccc(C(=O)c3cccnc3)cc2)N=C1c1ccc(OC)c(OC(F)(F)F)c1. The number of nitrogens with two attached hydrogens (primary N) is 1. The number of alkyl halides is 3. The van der Waals surface area contributed by atoms with Crippen LogP contribution in [0.3, 0.4) is 0 Å². The molecule has 39 heavy (non-hydrogen) atoms. The third-order valence-electron chi connectivity index (χ3n) is 5.99. The van der Waals surface area contributed by atoms with Crippen LogP contribution in [-0.4, -0.2) is 53.6 Å². The van der Waals surface area contributed by atoms with Crippen molar-refractivity contribution >= 4 is 17.8 Å². The van der Waals surface area contributed by atoms with Gasteiger partial charge in [0.1, 0.15) is 12.3 Å². The average Bonchev–Trinajstić information content (AvgIpc) is 2.95. The number of hydrazone groups is 1. The maximum absolute atomic E-state index is 13.0. The van der Waals surface area contributed by atoms with Crippen LogP contribution in [0, 0.1) is 0 Å². The number of hydrogen-bond acceptors (Lipinski definition) is 9. The van der Waals surface area contributed by atoms with E-state index in [0.29, 0.717) is 29.4 Å². The largest absolute Gasteiger partial charge is 0.573 e. The fourth-order valence-corrected chi connectivity index (χ4v) is 4.08. The lowest BCUT2D eigenvalue weighted by Crippen LogP contribution is -2.49. The molecule has 2 aromatic carbocycles. The van der Waals surface area contributed by atoms with Crippen molar-refractivity contribution in [1.82, 2.24) is 9.99 Å². The number of hydrogen-bond donors (Lipinski definition) is 1. The van der Waals surface area contributed by atoms with Gasteiger partial charge in [-0.1, -0.05) is 31.2 Å². The van der Waals surface area contributed by atoms with E-state index < -0.39 is 30.6 Å². The molecule has 0 saturated heterocycles. The summed E-state index contributed by atoms with van der Waals surface area (Å²) in [7, 11) is 1.22. The van der Waals surface area contributed by atoms with Gasteiger partial charge in [-0.3, -0.25) is 14.6 Å². The number of aromatic nitrogens is 1. The smallest absolute Gasteiger partial charge is 0.493 e. The molecular weight excluding hydrogens is 517 g/mol. The standard InChI is InChI=1S/C27H25F3N4O5/c1-3-20-24(18-10-11-21(37-2)22(13-18)39-27(28,29)30)33-34(23(15-35)38-20)26(31)17-8-6-16(7-9-17)25(36)19-5-4-12-32-14-19/h4-15,20,23,26H,3,31H2,1-2H3. The van der Waals surface area contributed by atoms with Crippen LogP contribution in [-0.2, 0) is 9.53 Å². The molecule has 0 aliphatic carbocycles. The predicted molar refractivity (Wildman–Crippen MR) is 134 cm³/mol. The van der Waals surface area contributed by atoms with E-state index in [9.17, 15) is 22.8 Å². The lowest BCUT2D eigenvalue weighted by Gasteiger charge is -2.38. The van der Waals surface area contributed by atoms with Crippen molar-refractivity contribution in [3.63, 3.8) is 0 Å². The number of carbonyl (C=O) groups is 2. The number of rotatable bonds is 9. The van der Waals surface area contributed by atoms with Gasteiger partial charge < -0.3 is 19.9 Å². The number of methoxy groups -OCH3 is 1. The molecule has 0 fully saturated rings. The quantitative estimate of drug-likeness (QED) is 0.316. The van der Waals surface area contributed by atoms with E-state index in [1.54, 1.807) is 49.5 Å². The van der Waals surface area contributed by atoms with Crippen LogP contribution in [0.25, 0.3) is 0 Å². The fourth-order valence-electron chi connectivity index (χ4n) is 4.08. The summed E-state index contributed by atoms with van der Waals surface area (Å²) in [6, 6.07) is 13.7. The Labute approximate surface area is 222 Å². The lowest BCUT2D eigenvalue weighted by molar-refractivity contribution is -0.275. The minimum absolute atomic E-state index is 0.123. The van der Waals surface area contributed by atoms with Crippen LogP contribution in [0.1, 0.15) is 46.6 Å². The second-order valence-electron chi connectivity index (χ2n) is 8.48. The highest BCUT2D eigenvalue weighted by atomic mass is 19.4. The molecule has 0 amide bonds. The molecule has 1 aromatic heterocycles. The zero-order chi connectivity index (χ0) is 28.2. The number of pyridine rings is 1. The Morgan fingerprint density at radius 2 is 1.90 bits per heavy atom. The Bertz CT molecular complexity index is 1350. The van der Waals surface area contributed by atoms with Crippen molar-refractivity contribution in [3.8, 4) is 11.5 Å². The summed E-state index contributed by atoms with van der Waals surface area (Å²) in [5.41, 5.74) is 8.32. The number of benzene rings is 2. The van der Waals surface area contributed by atoms with Crippen molar-refractivity contribution in [2.24, 2.45) is 10.8 Å². The second kappa shape index (κ2) is 11.6. The van der Waals surface area contributed by atoms with Crippen LogP contribution in [0.15, 0.2) is 72.1 Å². The van der Waals surface area contributed by atoms with Gasteiger partial charge in [0, 0.05) is 29.1 Å². The van der Waals surface area contributed by atoms with Crippen LogP contribution in [0.4, 0.5) is 13.2 Å². The maximum Gasteiger partial charge on any atom is 0.573 e. The molecule has 12 heteroatoms. The molecule has 204 valence electrons. The molecule has 2 N–H and O–H groups in total. The van der Waals surface area contributed by atoms with E-state index in [1.807, 2.05) is 0 Å². The van der Waals surface area contributed by atoms with Gasteiger partial charge in [-0.25, -0.2) is 5.01 Å². The Balaban J connectivity index is 1.67. The summed E-state index contributed by atoms with van der Waals surface area (Å²) >= 11 is 0. The third kappa shape index (κ3) is 6.24. The molecule has 3 atom stereocenters. The van der Waals surface area contributed by atoms with Gasteiger partial charge in [0.05, 0.1) is 12.8 Å². The van der Waals surface area contributed by atoms with Gasteiger partial charge >= 0.3 is 6.36 Å². The fraction of sp³-hybridized carbons (Fsp3) is 0.259. The number of halogens is 3. The van der Waals surface area contributed by atoms with E-state index in [0.717, 1.165) is 6.07 Å². The highest BCUT2D eigenvalue weighted by Crippen LogP contribution is 2.35. The lowest BCUT2D eigenvalue weighted by atomic mass is 10.0. The Morgan fingerprint density at radius 1 is 1.15 bits per heavy atom. The van der Waals surface area contributed by atoms with E-state index >= 15 is 0 Å². The number of nitrogens with zero attached hydrogens (tertiary/aromatic N) is 3. The van der Waals surface area contributed by atoms with Gasteiger partial charge in [-0.2, -0.15) is 5.10 Å². The summed E-state index contributed by atoms with van der Waals surface area (Å²) in [4.78, 5) is 28.6. The summed E-state index contributed by atoms with van der Waals surface area (Å²) in [6.45, 7) is 1.78. The van der Waals surface area contributed by atoms with Crippen LogP contribution >= 0.6 is 0 Å². The van der Waals surface area contributed by atoms with Crippen LogP contribution in [0.5, 0.6) is 11.5 Å². The van der Waals surface area contributed by atoms with Gasteiger partial charge in [0.15, 0.2) is 23.6 Å². The van der Waals surface area contributed by atoms with Gasteiger partial charge in [-0.05, 0) is 42.3 Å². The molecule has 0 radical (unpaired) electrons. The highest BCUT2D eigenvalue weighted by molar-refractivity contribution is 6.08. The predicted octanol–water partition coefficient (Wildman–Crippen LogP) is 4.22. The molecule has 2 heterocycles. The van der Waals surface area contributed by atoms with Crippen molar-refractivity contribution in [3.05, 3.63) is 89.2 Å². The molecule has 4 rings (SSSR count). The van der Waals surface area contributed by atoms with E-state index in [-0.39, 0.29) is 22.8 Å². The first-order valence-electron chi connectivity index (χ1n) is 11.9. The monoisotopic (exact) mass is 542 g/mol. The molecule has 3 unspecified atom stereocenters. The van der Waals surface area contributed by atoms with E-state index in [1.165, 1.54) is 30.4 Å². The zero-order valence-corrected chi connectivity index (χ0v) is 21.0. The normalized spacial score (nSPS) is 18.2. The van der Waals surface area contributed by atoms with E-state index in [2.05, 4.69) is 14.8 Å². The minimum Gasteiger partial charge on any atom is -0.493 e. The summed E-state index contributed by atoms with van der Waals surface area (Å²) in [5, 5.41) is 5.77. The van der Waals surface area contributed by atoms with Crippen molar-refractivity contribution in [1.29, 1.82) is 0 Å². The Hall–Kier alpha value is -4.29. The molecule has 0 spiro atoms. The topological polar surface area (TPSA) is 116 Å². The van der Waals surface area contributed by atoms with Gasteiger partial charge in [0.2, 0.25) is 6.23 Å².